The van der Waals surface area contributed by atoms with Crippen molar-refractivity contribution in [3.8, 4) is 17.4 Å². The van der Waals surface area contributed by atoms with Crippen LogP contribution in [0.5, 0.6) is 17.4 Å². The molecule has 1 aliphatic carbocycles. The van der Waals surface area contributed by atoms with Crippen molar-refractivity contribution < 1.29 is 13.9 Å². The second-order valence-electron chi connectivity index (χ2n) is 6.79. The Kier molecular flexibility index (Phi) is 5.31. The number of benzene rings is 2. The molecular weight excluding hydrogens is 383 g/mol. The summed E-state index contributed by atoms with van der Waals surface area (Å²) in [5.74, 6) is 0.578. The van der Waals surface area contributed by atoms with E-state index < -0.39 is 5.82 Å². The first-order valence-corrected chi connectivity index (χ1v) is 9.47. The number of nitrogens with zero attached hydrogens (tertiary/aromatic N) is 3. The summed E-state index contributed by atoms with van der Waals surface area (Å²) < 4.78 is 26.0. The number of hydrogen-bond acceptors (Lipinski definition) is 5. The molecule has 0 spiro atoms. The topological polar surface area (TPSA) is 60.6 Å². The van der Waals surface area contributed by atoms with Gasteiger partial charge in [-0.3, -0.25) is 0 Å². The second kappa shape index (κ2) is 8.21. The fraction of sp³-hybridized carbons (Fsp3) is 0.174. The average molecular weight is 402 g/mol. The quantitative estimate of drug-likeness (QED) is 0.508. The maximum atomic E-state index is 14.9. The lowest BCUT2D eigenvalue weighted by Gasteiger charge is -2.13. The van der Waals surface area contributed by atoms with E-state index in [0.29, 0.717) is 12.2 Å². The van der Waals surface area contributed by atoms with Gasteiger partial charge < -0.3 is 14.8 Å². The first-order chi connectivity index (χ1) is 14.6. The Morgan fingerprint density at radius 1 is 1.17 bits per heavy atom. The van der Waals surface area contributed by atoms with E-state index in [-0.39, 0.29) is 23.1 Å². The molecule has 0 saturated carbocycles. The molecule has 0 atom stereocenters. The number of hydrogen-bond donors (Lipinski definition) is 1. The molecule has 1 aromatic heterocycles. The van der Waals surface area contributed by atoms with Crippen LogP contribution in [0, 0.1) is 12.4 Å². The van der Waals surface area contributed by atoms with Crippen molar-refractivity contribution in [1.82, 2.24) is 9.97 Å². The van der Waals surface area contributed by atoms with Gasteiger partial charge in [-0.2, -0.15) is 0 Å². The van der Waals surface area contributed by atoms with Crippen molar-refractivity contribution in [3.05, 3.63) is 76.7 Å². The summed E-state index contributed by atoms with van der Waals surface area (Å²) in [5, 5.41) is 3.08. The van der Waals surface area contributed by atoms with E-state index in [4.69, 9.17) is 16.0 Å². The minimum atomic E-state index is -0.458. The molecule has 0 unspecified atom stereocenters. The largest absolute Gasteiger partial charge is 0.494 e. The van der Waals surface area contributed by atoms with Crippen LogP contribution in [0.1, 0.15) is 25.0 Å². The predicted octanol–water partition coefficient (Wildman–Crippen LogP) is 6.06. The maximum absolute atomic E-state index is 14.9. The lowest BCUT2D eigenvalue weighted by molar-refractivity contribution is 0.340. The van der Waals surface area contributed by atoms with Gasteiger partial charge in [0.2, 0.25) is 5.88 Å². The molecule has 1 N–H and O–H groups in total. The van der Waals surface area contributed by atoms with Gasteiger partial charge in [0.25, 0.3) is 5.69 Å². The summed E-state index contributed by atoms with van der Waals surface area (Å²) >= 11 is 0. The summed E-state index contributed by atoms with van der Waals surface area (Å²) in [6.45, 7) is 12.0. The van der Waals surface area contributed by atoms with Crippen molar-refractivity contribution in [1.29, 1.82) is 0 Å². The SMILES string of the molecule is [C-]#[N+]c1c(Nc2ccc(OCC)cc2)ncnc1Oc1ccc2c(c1F)C=C(C)C2. The lowest BCUT2D eigenvalue weighted by Crippen LogP contribution is -1.99. The van der Waals surface area contributed by atoms with Crippen LogP contribution < -0.4 is 14.8 Å². The van der Waals surface area contributed by atoms with Gasteiger partial charge in [0.15, 0.2) is 11.6 Å². The third-order valence-electron chi connectivity index (χ3n) is 4.63. The van der Waals surface area contributed by atoms with Crippen LogP contribution in [0.15, 0.2) is 48.3 Å². The standard InChI is InChI=1S/C23H19FN4O2/c1-4-29-17-8-6-16(7-9-17)28-22-21(25-3)23(27-13-26-22)30-19-10-5-15-11-14(2)12-18(15)20(19)24/h5-10,12-13H,4,11H2,1-2H3,(H,26,27,28). The van der Waals surface area contributed by atoms with Gasteiger partial charge >= 0.3 is 0 Å². The van der Waals surface area contributed by atoms with Crippen LogP contribution in [-0.4, -0.2) is 16.6 Å². The molecule has 0 radical (unpaired) electrons. The van der Waals surface area contributed by atoms with Crippen molar-refractivity contribution in [2.24, 2.45) is 0 Å². The molecule has 4 rings (SSSR count). The van der Waals surface area contributed by atoms with E-state index >= 15 is 0 Å². The van der Waals surface area contributed by atoms with Crippen LogP contribution in [0.3, 0.4) is 0 Å². The van der Waals surface area contributed by atoms with E-state index in [1.54, 1.807) is 6.07 Å². The molecule has 30 heavy (non-hydrogen) atoms. The van der Waals surface area contributed by atoms with Gasteiger partial charge in [-0.1, -0.05) is 17.7 Å². The third-order valence-corrected chi connectivity index (χ3v) is 4.63. The molecule has 2 aromatic carbocycles. The van der Waals surface area contributed by atoms with Gasteiger partial charge in [0.05, 0.1) is 13.2 Å². The van der Waals surface area contributed by atoms with Gasteiger partial charge in [0, 0.05) is 11.3 Å². The normalized spacial score (nSPS) is 12.0. The van der Waals surface area contributed by atoms with Crippen molar-refractivity contribution >= 4 is 23.3 Å². The molecule has 7 heteroatoms. The van der Waals surface area contributed by atoms with Gasteiger partial charge in [0.1, 0.15) is 17.9 Å². The fourth-order valence-corrected chi connectivity index (χ4v) is 3.27. The van der Waals surface area contributed by atoms with Crippen LogP contribution >= 0.6 is 0 Å². The van der Waals surface area contributed by atoms with Gasteiger partial charge in [-0.05, 0) is 56.2 Å². The molecule has 0 fully saturated rings. The molecule has 0 bridgehead atoms. The molecule has 1 aliphatic rings. The zero-order valence-corrected chi connectivity index (χ0v) is 16.6. The molecule has 1 heterocycles. The molecule has 0 amide bonds. The second-order valence-corrected chi connectivity index (χ2v) is 6.79. The van der Waals surface area contributed by atoms with Crippen molar-refractivity contribution in [2.45, 2.75) is 20.3 Å². The Morgan fingerprint density at radius 3 is 2.70 bits per heavy atom. The highest BCUT2D eigenvalue weighted by molar-refractivity contribution is 5.76. The summed E-state index contributed by atoms with van der Waals surface area (Å²) in [6.07, 6.45) is 3.81. The Bertz CT molecular complexity index is 1170. The Labute approximate surface area is 173 Å². The summed E-state index contributed by atoms with van der Waals surface area (Å²) in [7, 11) is 0. The summed E-state index contributed by atoms with van der Waals surface area (Å²) in [4.78, 5) is 11.7. The van der Waals surface area contributed by atoms with E-state index in [0.717, 1.165) is 29.0 Å². The monoisotopic (exact) mass is 402 g/mol. The number of nitrogens with one attached hydrogen (secondary N) is 1. The summed E-state index contributed by atoms with van der Waals surface area (Å²) in [6, 6.07) is 10.7. The zero-order chi connectivity index (χ0) is 21.1. The number of anilines is 2. The minimum absolute atomic E-state index is 0.00835. The Balaban J connectivity index is 1.62. The number of fused-ring (bicyclic) bond motifs is 1. The van der Waals surface area contributed by atoms with Gasteiger partial charge in [-0.15, -0.1) is 0 Å². The highest BCUT2D eigenvalue weighted by Gasteiger charge is 2.20. The first-order valence-electron chi connectivity index (χ1n) is 9.47. The summed E-state index contributed by atoms with van der Waals surface area (Å²) in [5.41, 5.74) is 3.32. The fourth-order valence-electron chi connectivity index (χ4n) is 3.27. The molecular formula is C23H19FN4O2. The molecule has 0 saturated heterocycles. The van der Waals surface area contributed by atoms with Crippen LogP contribution in [0.2, 0.25) is 0 Å². The van der Waals surface area contributed by atoms with Crippen molar-refractivity contribution in [2.75, 3.05) is 11.9 Å². The van der Waals surface area contributed by atoms with Crippen LogP contribution in [0.25, 0.3) is 10.9 Å². The van der Waals surface area contributed by atoms with Gasteiger partial charge in [-0.25, -0.2) is 19.2 Å². The van der Waals surface area contributed by atoms with E-state index in [1.165, 1.54) is 6.33 Å². The average Bonchev–Trinajstić information content (AvgIpc) is 3.13. The van der Waals surface area contributed by atoms with Crippen LogP contribution in [-0.2, 0) is 6.42 Å². The molecule has 3 aromatic rings. The number of allylic oxidation sites excluding steroid dienone is 1. The minimum Gasteiger partial charge on any atom is -0.494 e. The molecule has 6 nitrogen and oxygen atoms in total. The molecule has 150 valence electrons. The van der Waals surface area contributed by atoms with E-state index in [9.17, 15) is 4.39 Å². The van der Waals surface area contributed by atoms with E-state index in [2.05, 4.69) is 20.1 Å². The maximum Gasteiger partial charge on any atom is 0.288 e. The predicted molar refractivity (Wildman–Crippen MR) is 113 cm³/mol. The third kappa shape index (κ3) is 3.80. The number of rotatable bonds is 6. The number of aromatic nitrogens is 2. The Hall–Kier alpha value is -3.92. The Morgan fingerprint density at radius 2 is 1.97 bits per heavy atom. The lowest BCUT2D eigenvalue weighted by atomic mass is 10.1. The van der Waals surface area contributed by atoms with E-state index in [1.807, 2.05) is 50.3 Å². The zero-order valence-electron chi connectivity index (χ0n) is 16.6. The highest BCUT2D eigenvalue weighted by Crippen LogP contribution is 2.39. The van der Waals surface area contributed by atoms with Crippen LogP contribution in [0.4, 0.5) is 21.6 Å². The number of ether oxygens (including phenoxy) is 2. The van der Waals surface area contributed by atoms with Crippen molar-refractivity contribution in [3.63, 3.8) is 0 Å². The molecule has 0 aliphatic heterocycles. The number of halogens is 1. The smallest absolute Gasteiger partial charge is 0.288 e. The highest BCUT2D eigenvalue weighted by atomic mass is 19.1. The first kappa shape index (κ1) is 19.4.